The van der Waals surface area contributed by atoms with Crippen molar-refractivity contribution in [2.24, 2.45) is 23.2 Å². The Morgan fingerprint density at radius 1 is 1.16 bits per heavy atom. The highest BCUT2D eigenvalue weighted by Gasteiger charge is 2.63. The molecule has 3 heterocycles. The minimum atomic E-state index is -1.61. The van der Waals surface area contributed by atoms with Crippen molar-refractivity contribution in [1.29, 1.82) is 0 Å². The summed E-state index contributed by atoms with van der Waals surface area (Å²) in [5.41, 5.74) is -0.0479. The second-order valence-corrected chi connectivity index (χ2v) is 11.3. The number of aliphatic hydroxyl groups is 5. The summed E-state index contributed by atoms with van der Waals surface area (Å²) in [6, 6.07) is 1.73. The van der Waals surface area contributed by atoms with Crippen LogP contribution in [0.5, 0.6) is 0 Å². The van der Waals surface area contributed by atoms with Gasteiger partial charge in [0.15, 0.2) is 6.29 Å². The number of hydrogen-bond acceptors (Lipinski definition) is 12. The van der Waals surface area contributed by atoms with Crippen LogP contribution in [-0.4, -0.2) is 93.1 Å². The van der Waals surface area contributed by atoms with E-state index in [0.29, 0.717) is 24.8 Å². The average molecular weight is 541 g/mol. The number of furan rings is 1. The van der Waals surface area contributed by atoms with Crippen LogP contribution < -0.4 is 0 Å². The Morgan fingerprint density at radius 2 is 1.92 bits per heavy atom. The Morgan fingerprint density at radius 3 is 2.58 bits per heavy atom. The average Bonchev–Trinajstić information content (AvgIpc) is 3.41. The highest BCUT2D eigenvalue weighted by Crippen LogP contribution is 2.60. The van der Waals surface area contributed by atoms with Crippen molar-refractivity contribution >= 4 is 11.9 Å². The van der Waals surface area contributed by atoms with Gasteiger partial charge in [-0.15, -0.1) is 0 Å². The second-order valence-electron chi connectivity index (χ2n) is 11.3. The lowest BCUT2D eigenvalue weighted by Gasteiger charge is -2.59. The fourth-order valence-electron chi connectivity index (χ4n) is 7.24. The van der Waals surface area contributed by atoms with Gasteiger partial charge in [-0.25, -0.2) is 0 Å². The van der Waals surface area contributed by atoms with Crippen LogP contribution >= 0.6 is 0 Å². The van der Waals surface area contributed by atoms with Gasteiger partial charge < -0.3 is 48.9 Å². The molecule has 12 nitrogen and oxygen atoms in total. The number of cyclic esters (lactones) is 1. The third-order valence-corrected chi connectivity index (χ3v) is 9.03. The number of fused-ring (bicyclic) bond motifs is 3. The van der Waals surface area contributed by atoms with E-state index in [0.717, 1.165) is 0 Å². The Kier molecular flexibility index (Phi) is 7.59. The van der Waals surface area contributed by atoms with Crippen LogP contribution in [0.2, 0.25) is 0 Å². The molecule has 0 radical (unpaired) electrons. The van der Waals surface area contributed by atoms with E-state index in [9.17, 15) is 35.1 Å². The van der Waals surface area contributed by atoms with E-state index in [-0.39, 0.29) is 18.3 Å². The van der Waals surface area contributed by atoms with Gasteiger partial charge in [-0.2, -0.15) is 0 Å². The van der Waals surface area contributed by atoms with Crippen LogP contribution in [0.4, 0.5) is 0 Å². The third kappa shape index (κ3) is 4.66. The maximum Gasteiger partial charge on any atom is 0.310 e. The van der Waals surface area contributed by atoms with Gasteiger partial charge >= 0.3 is 11.9 Å². The summed E-state index contributed by atoms with van der Waals surface area (Å²) < 4.78 is 28.4. The van der Waals surface area contributed by atoms with Crippen LogP contribution in [0.1, 0.15) is 51.2 Å². The smallest absolute Gasteiger partial charge is 0.310 e. The van der Waals surface area contributed by atoms with Crippen molar-refractivity contribution in [1.82, 2.24) is 0 Å². The van der Waals surface area contributed by atoms with E-state index in [1.165, 1.54) is 19.5 Å². The van der Waals surface area contributed by atoms with E-state index in [1.807, 2.05) is 6.92 Å². The van der Waals surface area contributed by atoms with E-state index < -0.39 is 84.9 Å². The van der Waals surface area contributed by atoms with E-state index in [1.54, 1.807) is 6.07 Å². The lowest BCUT2D eigenvalue weighted by molar-refractivity contribution is -0.328. The fraction of sp³-hybridized carbons (Fsp3) is 0.769. The SMILES string of the molecule is CC(=O)O[C@H]1[C@@H]2[C@@H](CC[C@H]3C(=O)O[C@@H](c4ccoc4)C[C@]23C)[C@@H](O[C@H]2O[C@H](CO)[C@@H](O)[C@H](O)[C@H]2O)C[C@H]1O. The number of rotatable bonds is 5. The quantitative estimate of drug-likeness (QED) is 0.310. The molecule has 2 saturated carbocycles. The van der Waals surface area contributed by atoms with Gasteiger partial charge in [-0.3, -0.25) is 9.59 Å². The molecule has 5 rings (SSSR count). The van der Waals surface area contributed by atoms with Gasteiger partial charge in [-0.1, -0.05) is 6.92 Å². The molecule has 0 amide bonds. The molecule has 0 unspecified atom stereocenters. The van der Waals surface area contributed by atoms with Gasteiger partial charge in [0.25, 0.3) is 0 Å². The van der Waals surface area contributed by atoms with E-state index in [4.69, 9.17) is 23.4 Å². The largest absolute Gasteiger partial charge is 0.472 e. The normalized spacial score (nSPS) is 47.0. The zero-order chi connectivity index (χ0) is 27.4. The standard InChI is InChI=1S/C26H36O12/c1-11(28)35-23-15(29)7-16(37-25-22(32)21(31)20(30)18(9-27)38-25)13-3-4-14-24(33)36-17(12-5-6-34-10-12)8-26(14,2)19(13)23/h5-6,10,13-23,25,27,29-32H,3-4,7-9H2,1-2H3/t13-,14-,15+,16-,17+,18+,19-,20+,21-,22+,23+,25-,26-/m0/s1. The minimum absolute atomic E-state index is 0.0461. The molecule has 2 saturated heterocycles. The Hall–Kier alpha value is -2.06. The lowest BCUT2D eigenvalue weighted by atomic mass is 9.49. The van der Waals surface area contributed by atoms with Crippen LogP contribution in [-0.2, 0) is 28.5 Å². The van der Waals surface area contributed by atoms with Gasteiger partial charge in [0.05, 0.1) is 37.3 Å². The number of aliphatic hydroxyl groups excluding tert-OH is 5. The predicted molar refractivity (Wildman–Crippen MR) is 125 cm³/mol. The summed E-state index contributed by atoms with van der Waals surface area (Å²) >= 11 is 0. The first-order valence-electron chi connectivity index (χ1n) is 13.1. The Bertz CT molecular complexity index is 996. The molecule has 5 N–H and O–H groups in total. The molecular weight excluding hydrogens is 504 g/mol. The van der Waals surface area contributed by atoms with Crippen LogP contribution in [0.15, 0.2) is 23.0 Å². The van der Waals surface area contributed by atoms with Crippen molar-refractivity contribution in [2.45, 2.75) is 94.7 Å². The van der Waals surface area contributed by atoms with E-state index in [2.05, 4.69) is 0 Å². The highest BCUT2D eigenvalue weighted by molar-refractivity contribution is 5.75. The third-order valence-electron chi connectivity index (χ3n) is 9.03. The first-order valence-corrected chi connectivity index (χ1v) is 13.1. The van der Waals surface area contributed by atoms with Crippen LogP contribution in [0.25, 0.3) is 0 Å². The molecule has 0 bridgehead atoms. The lowest BCUT2D eigenvalue weighted by Crippen LogP contribution is -2.65. The number of esters is 2. The maximum absolute atomic E-state index is 13.2. The molecule has 4 fully saturated rings. The number of carbonyl (C=O) groups is 2. The van der Waals surface area contributed by atoms with Gasteiger partial charge in [-0.05, 0) is 36.7 Å². The predicted octanol–water partition coefficient (Wildman–Crippen LogP) is -0.202. The van der Waals surface area contributed by atoms with Gasteiger partial charge in [0, 0.05) is 24.8 Å². The van der Waals surface area contributed by atoms with Gasteiger partial charge in [0.2, 0.25) is 0 Å². The minimum Gasteiger partial charge on any atom is -0.472 e. The molecule has 38 heavy (non-hydrogen) atoms. The monoisotopic (exact) mass is 540 g/mol. The molecular formula is C26H36O12. The van der Waals surface area contributed by atoms with E-state index >= 15 is 0 Å². The summed E-state index contributed by atoms with van der Waals surface area (Å²) in [7, 11) is 0. The fourth-order valence-corrected chi connectivity index (χ4v) is 7.24. The van der Waals surface area contributed by atoms with Gasteiger partial charge in [0.1, 0.15) is 36.6 Å². The van der Waals surface area contributed by atoms with Crippen molar-refractivity contribution in [2.75, 3.05) is 6.61 Å². The molecule has 2 aliphatic heterocycles. The molecule has 12 heteroatoms. The summed E-state index contributed by atoms with van der Waals surface area (Å²) in [6.45, 7) is 2.61. The Balaban J connectivity index is 1.47. The summed E-state index contributed by atoms with van der Waals surface area (Å²) in [4.78, 5) is 25.3. The number of ether oxygens (including phenoxy) is 4. The van der Waals surface area contributed by atoms with Crippen molar-refractivity contribution < 1.29 is 58.5 Å². The topological polar surface area (TPSA) is 185 Å². The molecule has 4 aliphatic rings. The molecule has 0 spiro atoms. The maximum atomic E-state index is 13.2. The Labute approximate surface area is 219 Å². The summed E-state index contributed by atoms with van der Waals surface area (Å²) in [6.07, 6.45) is -6.16. The molecule has 1 aromatic heterocycles. The summed E-state index contributed by atoms with van der Waals surface area (Å²) in [5, 5.41) is 51.7. The first-order chi connectivity index (χ1) is 18.0. The molecule has 1 aromatic rings. The second kappa shape index (κ2) is 10.5. The van der Waals surface area contributed by atoms with Crippen LogP contribution in [0.3, 0.4) is 0 Å². The zero-order valence-corrected chi connectivity index (χ0v) is 21.3. The first kappa shape index (κ1) is 27.5. The zero-order valence-electron chi connectivity index (χ0n) is 21.3. The van der Waals surface area contributed by atoms with Crippen molar-refractivity contribution in [3.05, 3.63) is 24.2 Å². The number of hydrogen-bond donors (Lipinski definition) is 5. The summed E-state index contributed by atoms with van der Waals surface area (Å²) in [5.74, 6) is -2.24. The van der Waals surface area contributed by atoms with Crippen molar-refractivity contribution in [3.63, 3.8) is 0 Å². The molecule has 0 aromatic carbocycles. The number of carbonyl (C=O) groups excluding carboxylic acids is 2. The highest BCUT2D eigenvalue weighted by atomic mass is 16.7. The van der Waals surface area contributed by atoms with Crippen molar-refractivity contribution in [3.8, 4) is 0 Å². The molecule has 212 valence electrons. The molecule has 13 atom stereocenters. The molecule has 2 aliphatic carbocycles. The van der Waals surface area contributed by atoms with Crippen LogP contribution in [0, 0.1) is 23.2 Å².